The first kappa shape index (κ1) is 16.5. The number of carbonyl (C=O) groups excluding carboxylic acids is 1. The van der Waals surface area contributed by atoms with Gasteiger partial charge in [0.25, 0.3) is 0 Å². The lowest BCUT2D eigenvalue weighted by Crippen LogP contribution is -2.24. The lowest BCUT2D eigenvalue weighted by atomic mass is 10.1. The minimum absolute atomic E-state index is 0.267. The quantitative estimate of drug-likeness (QED) is 0.583. The molecule has 1 N–H and O–H groups in total. The molecule has 3 aromatic rings. The normalized spacial score (nSPS) is 9.92. The molecule has 0 bridgehead atoms. The first-order chi connectivity index (χ1) is 12.3. The monoisotopic (exact) mass is 330 g/mol. The number of aromatic nitrogens is 1. The van der Waals surface area contributed by atoms with Crippen LogP contribution in [0, 0.1) is 11.8 Å². The van der Waals surface area contributed by atoms with Crippen LogP contribution in [0.4, 0.5) is 4.79 Å². The number of alkyl carbamates (subject to hydrolysis) is 1. The van der Waals surface area contributed by atoms with Gasteiger partial charge in [0.05, 0.1) is 5.52 Å². The summed E-state index contributed by atoms with van der Waals surface area (Å²) in [4.78, 5) is 15.9. The van der Waals surface area contributed by atoms with Crippen molar-refractivity contribution in [3.63, 3.8) is 0 Å². The number of hydrogen-bond donors (Lipinski definition) is 1. The molecule has 4 heteroatoms. The fourth-order valence-electron chi connectivity index (χ4n) is 2.32. The third kappa shape index (κ3) is 5.08. The van der Waals surface area contributed by atoms with E-state index in [1.807, 2.05) is 60.7 Å². The topological polar surface area (TPSA) is 51.2 Å². The fraction of sp³-hybridized carbons (Fsp3) is 0.143. The maximum atomic E-state index is 11.6. The average Bonchev–Trinajstić information content (AvgIpc) is 2.67. The highest BCUT2D eigenvalue weighted by Crippen LogP contribution is 2.12. The van der Waals surface area contributed by atoms with Crippen LogP contribution >= 0.6 is 0 Å². The van der Waals surface area contributed by atoms with Gasteiger partial charge in [0.15, 0.2) is 0 Å². The molecule has 0 aliphatic carbocycles. The number of fused-ring (bicyclic) bond motifs is 1. The first-order valence-electron chi connectivity index (χ1n) is 8.09. The van der Waals surface area contributed by atoms with Crippen LogP contribution in [0.3, 0.4) is 0 Å². The second-order valence-corrected chi connectivity index (χ2v) is 5.45. The molecule has 0 fully saturated rings. The minimum Gasteiger partial charge on any atom is -0.445 e. The van der Waals surface area contributed by atoms with Crippen molar-refractivity contribution >= 4 is 17.0 Å². The number of benzene rings is 2. The van der Waals surface area contributed by atoms with E-state index in [1.165, 1.54) is 0 Å². The van der Waals surface area contributed by atoms with Crippen molar-refractivity contribution in [2.45, 2.75) is 13.0 Å². The largest absolute Gasteiger partial charge is 0.445 e. The van der Waals surface area contributed by atoms with E-state index >= 15 is 0 Å². The Hall–Kier alpha value is -3.32. The Morgan fingerprint density at radius 1 is 1.08 bits per heavy atom. The molecular weight excluding hydrogens is 312 g/mol. The van der Waals surface area contributed by atoms with E-state index in [9.17, 15) is 4.79 Å². The summed E-state index contributed by atoms with van der Waals surface area (Å²) in [5.41, 5.74) is 2.85. The van der Waals surface area contributed by atoms with Crippen LogP contribution < -0.4 is 5.32 Å². The van der Waals surface area contributed by atoms with E-state index < -0.39 is 6.09 Å². The SMILES string of the molecule is O=C(NCCC#Cc1ccc2ncccc2c1)OCc1ccccc1. The maximum absolute atomic E-state index is 11.6. The van der Waals surface area contributed by atoms with E-state index in [4.69, 9.17) is 4.74 Å². The molecule has 2 aromatic carbocycles. The van der Waals surface area contributed by atoms with Crippen molar-refractivity contribution in [3.8, 4) is 11.8 Å². The minimum atomic E-state index is -0.428. The number of hydrogen-bond acceptors (Lipinski definition) is 3. The molecule has 1 aromatic heterocycles. The highest BCUT2D eigenvalue weighted by molar-refractivity contribution is 5.79. The van der Waals surface area contributed by atoms with Gasteiger partial charge in [0.2, 0.25) is 0 Å². The molecule has 0 atom stereocenters. The van der Waals surface area contributed by atoms with E-state index in [-0.39, 0.29) is 6.61 Å². The summed E-state index contributed by atoms with van der Waals surface area (Å²) >= 11 is 0. The summed E-state index contributed by atoms with van der Waals surface area (Å²) in [5.74, 6) is 6.15. The second kappa shape index (κ2) is 8.51. The number of amides is 1. The smallest absolute Gasteiger partial charge is 0.407 e. The summed E-state index contributed by atoms with van der Waals surface area (Å²) in [7, 11) is 0. The molecule has 3 rings (SSSR count). The summed E-state index contributed by atoms with van der Waals surface area (Å²) in [6.45, 7) is 0.721. The number of carbonyl (C=O) groups is 1. The number of ether oxygens (including phenoxy) is 1. The summed E-state index contributed by atoms with van der Waals surface area (Å²) < 4.78 is 5.14. The molecule has 4 nitrogen and oxygen atoms in total. The maximum Gasteiger partial charge on any atom is 0.407 e. The third-order valence-electron chi connectivity index (χ3n) is 3.57. The average molecular weight is 330 g/mol. The molecule has 25 heavy (non-hydrogen) atoms. The van der Waals surface area contributed by atoms with Crippen LogP contribution in [0.15, 0.2) is 66.9 Å². The Labute approximate surface area is 146 Å². The molecule has 1 heterocycles. The number of rotatable bonds is 4. The van der Waals surface area contributed by atoms with Gasteiger partial charge in [-0.2, -0.15) is 0 Å². The predicted octanol–water partition coefficient (Wildman–Crippen LogP) is 3.90. The van der Waals surface area contributed by atoms with Gasteiger partial charge in [-0.15, -0.1) is 0 Å². The molecule has 0 aliphatic heterocycles. The van der Waals surface area contributed by atoms with Gasteiger partial charge >= 0.3 is 6.09 Å². The number of pyridine rings is 1. The van der Waals surface area contributed by atoms with Crippen molar-refractivity contribution in [3.05, 3.63) is 78.0 Å². The van der Waals surface area contributed by atoms with E-state index in [0.717, 1.165) is 22.0 Å². The Morgan fingerprint density at radius 3 is 2.84 bits per heavy atom. The Kier molecular flexibility index (Phi) is 5.63. The third-order valence-corrected chi connectivity index (χ3v) is 3.57. The Morgan fingerprint density at radius 2 is 1.96 bits per heavy atom. The zero-order valence-corrected chi connectivity index (χ0v) is 13.7. The lowest BCUT2D eigenvalue weighted by Gasteiger charge is -2.05. The van der Waals surface area contributed by atoms with E-state index in [1.54, 1.807) is 6.20 Å². The van der Waals surface area contributed by atoms with Crippen LogP contribution in [0.1, 0.15) is 17.5 Å². The summed E-state index contributed by atoms with van der Waals surface area (Å²) in [6, 6.07) is 19.4. The van der Waals surface area contributed by atoms with Crippen LogP contribution in [-0.2, 0) is 11.3 Å². The number of nitrogens with zero attached hydrogens (tertiary/aromatic N) is 1. The zero-order valence-electron chi connectivity index (χ0n) is 13.7. The molecular formula is C21H18N2O2. The van der Waals surface area contributed by atoms with E-state index in [2.05, 4.69) is 22.1 Å². The second-order valence-electron chi connectivity index (χ2n) is 5.45. The lowest BCUT2D eigenvalue weighted by molar-refractivity contribution is 0.140. The Bertz CT molecular complexity index is 911. The molecule has 0 unspecified atom stereocenters. The van der Waals surface area contributed by atoms with Gasteiger partial charge in [-0.25, -0.2) is 4.79 Å². The predicted molar refractivity (Wildman–Crippen MR) is 97.9 cm³/mol. The van der Waals surface area contributed by atoms with Crippen molar-refractivity contribution in [2.75, 3.05) is 6.54 Å². The highest BCUT2D eigenvalue weighted by Gasteiger charge is 2.00. The van der Waals surface area contributed by atoms with Gasteiger partial charge in [-0.1, -0.05) is 48.2 Å². The van der Waals surface area contributed by atoms with Crippen LogP contribution in [-0.4, -0.2) is 17.6 Å². The standard InChI is InChI=1S/C21H18N2O2/c24-21(25-16-18-8-2-1-3-9-18)23-13-5-4-7-17-11-12-20-19(15-17)10-6-14-22-20/h1-3,6,8-12,14-15H,5,13,16H2,(H,23,24). The van der Waals surface area contributed by atoms with Crippen molar-refractivity contribution < 1.29 is 9.53 Å². The van der Waals surface area contributed by atoms with Crippen LogP contribution in [0.5, 0.6) is 0 Å². The first-order valence-corrected chi connectivity index (χ1v) is 8.09. The van der Waals surface area contributed by atoms with Crippen LogP contribution in [0.2, 0.25) is 0 Å². The van der Waals surface area contributed by atoms with Gasteiger partial charge < -0.3 is 10.1 Å². The summed E-state index contributed by atoms with van der Waals surface area (Å²) in [5, 5.41) is 3.76. The van der Waals surface area contributed by atoms with Gasteiger partial charge in [0.1, 0.15) is 6.61 Å². The highest BCUT2D eigenvalue weighted by atomic mass is 16.5. The van der Waals surface area contributed by atoms with Crippen molar-refractivity contribution in [1.82, 2.24) is 10.3 Å². The number of nitrogens with one attached hydrogen (secondary N) is 1. The molecule has 0 aliphatic rings. The molecule has 0 spiro atoms. The zero-order chi connectivity index (χ0) is 17.3. The van der Waals surface area contributed by atoms with Crippen LogP contribution in [0.25, 0.3) is 10.9 Å². The molecule has 124 valence electrons. The molecule has 0 radical (unpaired) electrons. The molecule has 0 saturated carbocycles. The fourth-order valence-corrected chi connectivity index (χ4v) is 2.32. The van der Waals surface area contributed by atoms with Crippen molar-refractivity contribution in [2.24, 2.45) is 0 Å². The molecule has 0 saturated heterocycles. The van der Waals surface area contributed by atoms with E-state index in [0.29, 0.717) is 13.0 Å². The Balaban J connectivity index is 1.42. The summed E-state index contributed by atoms with van der Waals surface area (Å²) in [6.07, 6.45) is 1.91. The van der Waals surface area contributed by atoms with Gasteiger partial charge in [-0.3, -0.25) is 4.98 Å². The van der Waals surface area contributed by atoms with Crippen molar-refractivity contribution in [1.29, 1.82) is 0 Å². The van der Waals surface area contributed by atoms with Gasteiger partial charge in [-0.05, 0) is 29.8 Å². The van der Waals surface area contributed by atoms with Gasteiger partial charge in [0, 0.05) is 30.1 Å². The molecule has 1 amide bonds.